The van der Waals surface area contributed by atoms with Crippen LogP contribution >= 0.6 is 11.6 Å². The number of nitrogens with zero attached hydrogens (tertiary/aromatic N) is 5. The number of rotatable bonds is 4. The van der Waals surface area contributed by atoms with Crippen LogP contribution in [0.25, 0.3) is 0 Å². The molecule has 174 valence electrons. The van der Waals surface area contributed by atoms with E-state index in [0.717, 1.165) is 18.5 Å². The molecule has 11 heteroatoms. The Morgan fingerprint density at radius 2 is 2.00 bits per heavy atom. The van der Waals surface area contributed by atoms with Crippen molar-refractivity contribution in [3.8, 4) is 0 Å². The summed E-state index contributed by atoms with van der Waals surface area (Å²) < 4.78 is 16.7. The second-order valence-corrected chi connectivity index (χ2v) is 9.63. The third-order valence-corrected chi connectivity index (χ3v) is 7.27. The van der Waals surface area contributed by atoms with Crippen LogP contribution in [-0.2, 0) is 19.7 Å². The molecule has 4 N–H and O–H groups in total. The van der Waals surface area contributed by atoms with Gasteiger partial charge in [0.1, 0.15) is 17.1 Å². The summed E-state index contributed by atoms with van der Waals surface area (Å²) in [5.41, 5.74) is 6.28. The van der Waals surface area contributed by atoms with Crippen LogP contribution in [0.4, 0.5) is 16.0 Å². The highest BCUT2D eigenvalue weighted by atomic mass is 35.5. The highest BCUT2D eigenvalue weighted by Gasteiger charge is 2.52. The van der Waals surface area contributed by atoms with Gasteiger partial charge in [-0.1, -0.05) is 11.6 Å². The zero-order valence-corrected chi connectivity index (χ0v) is 19.1. The number of aliphatic hydroxyl groups is 1. The van der Waals surface area contributed by atoms with Crippen molar-refractivity contribution in [1.82, 2.24) is 24.3 Å². The molecule has 2 saturated carbocycles. The van der Waals surface area contributed by atoms with Crippen molar-refractivity contribution < 1.29 is 14.3 Å². The number of imidazole rings is 1. The lowest BCUT2D eigenvalue weighted by molar-refractivity contribution is 0.0219. The van der Waals surface area contributed by atoms with Crippen molar-refractivity contribution >= 4 is 29.1 Å². The maximum atomic E-state index is 13.4. The van der Waals surface area contributed by atoms with Gasteiger partial charge in [0.05, 0.1) is 17.0 Å². The number of amides is 1. The van der Waals surface area contributed by atoms with E-state index in [0.29, 0.717) is 30.0 Å². The standard InChI is InChI=1S/C22H25ClFN7O2/c1-30-10-26-17(18(30)19(32)27-14-3-4-16(24)15(23)7-14)11-5-12-8-22(33,9-13(12)6-11)20-28-21(25)29-31(20)2/h3-4,7,10-13,33H,5-6,8-9H2,1-2H3,(H2,25,29)(H,27,32). The van der Waals surface area contributed by atoms with Crippen LogP contribution in [0.2, 0.25) is 5.02 Å². The molecule has 1 aromatic carbocycles. The highest BCUT2D eigenvalue weighted by molar-refractivity contribution is 6.31. The van der Waals surface area contributed by atoms with Crippen LogP contribution < -0.4 is 11.1 Å². The van der Waals surface area contributed by atoms with E-state index in [4.69, 9.17) is 17.3 Å². The number of aromatic nitrogens is 5. The number of carbonyl (C=O) groups is 1. The largest absolute Gasteiger partial charge is 0.382 e. The second kappa shape index (κ2) is 7.81. The van der Waals surface area contributed by atoms with Crippen molar-refractivity contribution in [2.24, 2.45) is 25.9 Å². The minimum Gasteiger partial charge on any atom is -0.382 e. The van der Waals surface area contributed by atoms with Gasteiger partial charge in [-0.25, -0.2) is 14.1 Å². The predicted octanol–water partition coefficient (Wildman–Crippen LogP) is 2.97. The molecule has 3 aromatic rings. The third-order valence-electron chi connectivity index (χ3n) is 6.98. The Bertz CT molecular complexity index is 1230. The second-order valence-electron chi connectivity index (χ2n) is 9.22. The highest BCUT2D eigenvalue weighted by Crippen LogP contribution is 2.56. The first-order chi connectivity index (χ1) is 15.6. The molecule has 2 atom stereocenters. The van der Waals surface area contributed by atoms with Crippen LogP contribution in [0.15, 0.2) is 24.5 Å². The zero-order chi connectivity index (χ0) is 23.5. The van der Waals surface area contributed by atoms with E-state index in [2.05, 4.69) is 20.4 Å². The van der Waals surface area contributed by atoms with Gasteiger partial charge >= 0.3 is 0 Å². The van der Waals surface area contributed by atoms with Crippen molar-refractivity contribution in [2.45, 2.75) is 37.2 Å². The number of fused-ring (bicyclic) bond motifs is 1. The number of carbonyl (C=O) groups excluding carboxylic acids is 1. The average molecular weight is 474 g/mol. The first-order valence-corrected chi connectivity index (χ1v) is 11.2. The number of nitrogen functional groups attached to an aromatic ring is 1. The molecule has 33 heavy (non-hydrogen) atoms. The molecule has 0 saturated heterocycles. The van der Waals surface area contributed by atoms with Crippen molar-refractivity contribution in [1.29, 1.82) is 0 Å². The fraction of sp³-hybridized carbons (Fsp3) is 0.455. The normalized spacial score (nSPS) is 26.5. The Hall–Kier alpha value is -2.98. The number of halogens is 2. The van der Waals surface area contributed by atoms with Gasteiger partial charge in [0.2, 0.25) is 5.95 Å². The van der Waals surface area contributed by atoms with Crippen molar-refractivity contribution in [3.05, 3.63) is 52.6 Å². The smallest absolute Gasteiger partial charge is 0.274 e. The first kappa shape index (κ1) is 21.8. The number of nitrogens with one attached hydrogen (secondary N) is 1. The van der Waals surface area contributed by atoms with E-state index < -0.39 is 11.4 Å². The van der Waals surface area contributed by atoms with E-state index in [1.165, 1.54) is 18.2 Å². The molecular weight excluding hydrogens is 449 g/mol. The Morgan fingerprint density at radius 3 is 2.61 bits per heavy atom. The molecule has 2 aliphatic rings. The Labute approximate surface area is 194 Å². The molecule has 2 heterocycles. The van der Waals surface area contributed by atoms with Crippen LogP contribution in [-0.4, -0.2) is 35.3 Å². The summed E-state index contributed by atoms with van der Waals surface area (Å²) in [7, 11) is 3.51. The van der Waals surface area contributed by atoms with Crippen LogP contribution in [0, 0.1) is 17.7 Å². The molecule has 5 rings (SSSR count). The lowest BCUT2D eigenvalue weighted by atomic mass is 9.91. The van der Waals surface area contributed by atoms with Gasteiger partial charge in [-0.3, -0.25) is 4.79 Å². The summed E-state index contributed by atoms with van der Waals surface area (Å²) in [6.45, 7) is 0. The molecule has 2 fully saturated rings. The van der Waals surface area contributed by atoms with E-state index in [9.17, 15) is 14.3 Å². The predicted molar refractivity (Wildman–Crippen MR) is 120 cm³/mol. The summed E-state index contributed by atoms with van der Waals surface area (Å²) in [5.74, 6) is 0.462. The molecule has 0 aliphatic heterocycles. The minimum atomic E-state index is -1.05. The van der Waals surface area contributed by atoms with Gasteiger partial charge in [0, 0.05) is 25.7 Å². The number of anilines is 2. The fourth-order valence-electron chi connectivity index (χ4n) is 5.67. The molecular formula is C22H25ClFN7O2. The van der Waals surface area contributed by atoms with Crippen LogP contribution in [0.5, 0.6) is 0 Å². The lowest BCUT2D eigenvalue weighted by Gasteiger charge is -2.23. The fourth-order valence-corrected chi connectivity index (χ4v) is 5.85. The number of hydrogen-bond acceptors (Lipinski definition) is 6. The monoisotopic (exact) mass is 473 g/mol. The molecule has 0 bridgehead atoms. The molecule has 9 nitrogen and oxygen atoms in total. The van der Waals surface area contributed by atoms with E-state index in [1.807, 2.05) is 0 Å². The Morgan fingerprint density at radius 1 is 1.30 bits per heavy atom. The Balaban J connectivity index is 1.33. The number of benzene rings is 1. The summed E-state index contributed by atoms with van der Waals surface area (Å²) in [6.07, 6.45) is 4.42. The van der Waals surface area contributed by atoms with Gasteiger partial charge < -0.3 is 20.7 Å². The number of hydrogen-bond donors (Lipinski definition) is 3. The number of aryl methyl sites for hydroxylation is 2. The van der Waals surface area contributed by atoms with E-state index >= 15 is 0 Å². The van der Waals surface area contributed by atoms with Gasteiger partial charge in [0.15, 0.2) is 5.82 Å². The van der Waals surface area contributed by atoms with Crippen LogP contribution in [0.1, 0.15) is 53.6 Å². The summed E-state index contributed by atoms with van der Waals surface area (Å²) >= 11 is 5.84. The molecule has 1 amide bonds. The topological polar surface area (TPSA) is 124 Å². The maximum Gasteiger partial charge on any atom is 0.274 e. The average Bonchev–Trinajstić information content (AvgIpc) is 3.46. The zero-order valence-electron chi connectivity index (χ0n) is 18.3. The van der Waals surface area contributed by atoms with Crippen molar-refractivity contribution in [2.75, 3.05) is 11.1 Å². The molecule has 0 radical (unpaired) electrons. The molecule has 2 aliphatic carbocycles. The molecule has 2 unspecified atom stereocenters. The van der Waals surface area contributed by atoms with Gasteiger partial charge in [0.25, 0.3) is 5.91 Å². The van der Waals surface area contributed by atoms with Gasteiger partial charge in [-0.05, 0) is 55.7 Å². The van der Waals surface area contributed by atoms with Gasteiger partial charge in [-0.15, -0.1) is 5.10 Å². The van der Waals surface area contributed by atoms with Crippen molar-refractivity contribution in [3.63, 3.8) is 0 Å². The summed E-state index contributed by atoms with van der Waals surface area (Å²) in [6, 6.07) is 4.06. The SMILES string of the molecule is Cn1cnc(C2CC3CC(O)(c4nc(N)nn4C)CC3C2)c1C(=O)Nc1ccc(F)c(Cl)c1. The molecule has 2 aromatic heterocycles. The van der Waals surface area contributed by atoms with Crippen LogP contribution in [0.3, 0.4) is 0 Å². The molecule has 0 spiro atoms. The summed E-state index contributed by atoms with van der Waals surface area (Å²) in [4.78, 5) is 21.8. The van der Waals surface area contributed by atoms with E-state index in [-0.39, 0.29) is 34.6 Å². The lowest BCUT2D eigenvalue weighted by Crippen LogP contribution is -2.27. The minimum absolute atomic E-state index is 0.0567. The quantitative estimate of drug-likeness (QED) is 0.535. The first-order valence-electron chi connectivity index (χ1n) is 10.8. The number of nitrogens with two attached hydrogens (primary N) is 1. The van der Waals surface area contributed by atoms with E-state index in [1.54, 1.807) is 29.7 Å². The maximum absolute atomic E-state index is 13.4. The van der Waals surface area contributed by atoms with Gasteiger partial charge in [-0.2, -0.15) is 4.98 Å². The summed E-state index contributed by atoms with van der Waals surface area (Å²) in [5, 5.41) is 18.1. The third kappa shape index (κ3) is 3.76. The Kier molecular flexibility index (Phi) is 5.17.